The van der Waals surface area contributed by atoms with Crippen LogP contribution in [0.5, 0.6) is 5.75 Å². The van der Waals surface area contributed by atoms with Gasteiger partial charge in [-0.1, -0.05) is 0 Å². The Morgan fingerprint density at radius 2 is 2.07 bits per heavy atom. The monoisotopic (exact) mass is 207 g/mol. The first-order chi connectivity index (χ1) is 7.22. The Labute approximate surface area is 88.2 Å². The van der Waals surface area contributed by atoms with Crippen molar-refractivity contribution in [3.63, 3.8) is 0 Å². The van der Waals surface area contributed by atoms with Crippen molar-refractivity contribution in [1.82, 2.24) is 0 Å². The smallest absolute Gasteiger partial charge is 0.221 e. The number of ether oxygens (including phenoxy) is 1. The third kappa shape index (κ3) is 4.26. The molecular formula is C11H13NO3. The molecule has 0 aromatic heterocycles. The number of carbonyl (C=O) groups excluding carboxylic acids is 2. The van der Waals surface area contributed by atoms with Crippen molar-refractivity contribution in [1.29, 1.82) is 0 Å². The summed E-state index contributed by atoms with van der Waals surface area (Å²) < 4.78 is 5.26. The van der Waals surface area contributed by atoms with E-state index in [0.717, 1.165) is 12.0 Å². The first-order valence-electron chi connectivity index (χ1n) is 4.66. The van der Waals surface area contributed by atoms with Crippen LogP contribution < -0.4 is 10.1 Å². The van der Waals surface area contributed by atoms with Crippen molar-refractivity contribution in [2.24, 2.45) is 0 Å². The molecule has 15 heavy (non-hydrogen) atoms. The molecule has 0 radical (unpaired) electrons. The fourth-order valence-electron chi connectivity index (χ4n) is 1.06. The van der Waals surface area contributed by atoms with Crippen molar-refractivity contribution in [3.8, 4) is 5.75 Å². The second kappa shape index (κ2) is 5.80. The van der Waals surface area contributed by atoms with Gasteiger partial charge in [0.05, 0.1) is 6.61 Å². The molecule has 0 unspecified atom stereocenters. The molecule has 0 heterocycles. The van der Waals surface area contributed by atoms with E-state index in [9.17, 15) is 9.59 Å². The number of rotatable bonds is 5. The van der Waals surface area contributed by atoms with Crippen molar-refractivity contribution >= 4 is 17.9 Å². The maximum Gasteiger partial charge on any atom is 0.221 e. The van der Waals surface area contributed by atoms with Crippen molar-refractivity contribution < 1.29 is 14.3 Å². The predicted octanol–water partition coefficient (Wildman–Crippen LogP) is 1.61. The molecule has 1 amide bonds. The minimum Gasteiger partial charge on any atom is -0.493 e. The quantitative estimate of drug-likeness (QED) is 0.589. The molecule has 0 spiro atoms. The number of carbonyl (C=O) groups is 2. The standard InChI is InChI=1S/C11H13NO3/c1-9(14)12-10-3-5-11(6-4-10)15-8-2-7-13/h3-7H,2,8H2,1H3,(H,12,14). The van der Waals surface area contributed by atoms with E-state index in [2.05, 4.69) is 5.32 Å². The van der Waals surface area contributed by atoms with E-state index in [1.54, 1.807) is 24.3 Å². The molecule has 0 saturated carbocycles. The molecule has 4 nitrogen and oxygen atoms in total. The summed E-state index contributed by atoms with van der Waals surface area (Å²) in [6.07, 6.45) is 1.19. The van der Waals surface area contributed by atoms with Crippen LogP contribution >= 0.6 is 0 Å². The first-order valence-corrected chi connectivity index (χ1v) is 4.66. The highest BCUT2D eigenvalue weighted by atomic mass is 16.5. The molecule has 80 valence electrons. The topological polar surface area (TPSA) is 55.4 Å². The van der Waals surface area contributed by atoms with Gasteiger partial charge in [0.2, 0.25) is 5.91 Å². The number of anilines is 1. The molecule has 1 N–H and O–H groups in total. The molecule has 0 aliphatic heterocycles. The summed E-state index contributed by atoms with van der Waals surface area (Å²) in [6, 6.07) is 6.99. The molecular weight excluding hydrogens is 194 g/mol. The second-order valence-electron chi connectivity index (χ2n) is 3.01. The normalized spacial score (nSPS) is 9.40. The van der Waals surface area contributed by atoms with Gasteiger partial charge in [-0.2, -0.15) is 0 Å². The average Bonchev–Trinajstić information content (AvgIpc) is 2.20. The molecule has 0 fully saturated rings. The molecule has 1 aromatic carbocycles. The van der Waals surface area contributed by atoms with Crippen LogP contribution in [0.3, 0.4) is 0 Å². The lowest BCUT2D eigenvalue weighted by Gasteiger charge is -2.05. The fourth-order valence-corrected chi connectivity index (χ4v) is 1.06. The van der Waals surface area contributed by atoms with Gasteiger partial charge in [-0.3, -0.25) is 4.79 Å². The van der Waals surface area contributed by atoms with Crippen LogP contribution in [0.15, 0.2) is 24.3 Å². The van der Waals surface area contributed by atoms with Gasteiger partial charge >= 0.3 is 0 Å². The lowest BCUT2D eigenvalue weighted by molar-refractivity contribution is -0.114. The van der Waals surface area contributed by atoms with Crippen LogP contribution in [-0.4, -0.2) is 18.8 Å². The summed E-state index contributed by atoms with van der Waals surface area (Å²) in [5.41, 5.74) is 0.727. The highest BCUT2D eigenvalue weighted by Crippen LogP contribution is 2.15. The number of nitrogens with one attached hydrogen (secondary N) is 1. The van der Waals surface area contributed by atoms with E-state index < -0.39 is 0 Å². The molecule has 0 atom stereocenters. The SMILES string of the molecule is CC(=O)Nc1ccc(OCCC=O)cc1. The number of hydrogen-bond donors (Lipinski definition) is 1. The largest absolute Gasteiger partial charge is 0.493 e. The minimum absolute atomic E-state index is 0.107. The van der Waals surface area contributed by atoms with Gasteiger partial charge in [0.25, 0.3) is 0 Å². The van der Waals surface area contributed by atoms with Crippen LogP contribution in [0.2, 0.25) is 0 Å². The van der Waals surface area contributed by atoms with Gasteiger partial charge in [-0.05, 0) is 24.3 Å². The average molecular weight is 207 g/mol. The van der Waals surface area contributed by atoms with Crippen molar-refractivity contribution in [2.75, 3.05) is 11.9 Å². The Bertz CT molecular complexity index is 332. The van der Waals surface area contributed by atoms with E-state index in [-0.39, 0.29) is 5.91 Å². The summed E-state index contributed by atoms with van der Waals surface area (Å²) in [6.45, 7) is 1.83. The highest BCUT2D eigenvalue weighted by Gasteiger charge is 1.96. The van der Waals surface area contributed by atoms with E-state index in [1.807, 2.05) is 0 Å². The summed E-state index contributed by atoms with van der Waals surface area (Å²) >= 11 is 0. The summed E-state index contributed by atoms with van der Waals surface area (Å²) in [7, 11) is 0. The Balaban J connectivity index is 2.48. The molecule has 1 rings (SSSR count). The number of hydrogen-bond acceptors (Lipinski definition) is 3. The lowest BCUT2D eigenvalue weighted by atomic mass is 10.3. The van der Waals surface area contributed by atoms with Crippen LogP contribution in [0.4, 0.5) is 5.69 Å². The van der Waals surface area contributed by atoms with Gasteiger partial charge in [0.1, 0.15) is 12.0 Å². The Hall–Kier alpha value is -1.84. The molecule has 0 aliphatic carbocycles. The van der Waals surface area contributed by atoms with E-state index >= 15 is 0 Å². The van der Waals surface area contributed by atoms with Gasteiger partial charge < -0.3 is 14.8 Å². The fraction of sp³-hybridized carbons (Fsp3) is 0.273. The van der Waals surface area contributed by atoms with Crippen LogP contribution in [0.1, 0.15) is 13.3 Å². The third-order valence-corrected chi connectivity index (χ3v) is 1.68. The van der Waals surface area contributed by atoms with Gasteiger partial charge in [-0.25, -0.2) is 0 Å². The zero-order chi connectivity index (χ0) is 11.1. The van der Waals surface area contributed by atoms with Gasteiger partial charge in [0.15, 0.2) is 0 Å². The maximum atomic E-state index is 10.7. The molecule has 1 aromatic rings. The zero-order valence-electron chi connectivity index (χ0n) is 8.53. The number of amides is 1. The van der Waals surface area contributed by atoms with E-state index in [0.29, 0.717) is 18.8 Å². The van der Waals surface area contributed by atoms with Crippen LogP contribution in [0.25, 0.3) is 0 Å². The Kier molecular flexibility index (Phi) is 4.34. The number of aldehydes is 1. The molecule has 0 saturated heterocycles. The predicted molar refractivity (Wildman–Crippen MR) is 56.9 cm³/mol. The lowest BCUT2D eigenvalue weighted by Crippen LogP contribution is -2.05. The molecule has 4 heteroatoms. The Morgan fingerprint density at radius 3 is 2.60 bits per heavy atom. The third-order valence-electron chi connectivity index (χ3n) is 1.68. The minimum atomic E-state index is -0.107. The second-order valence-corrected chi connectivity index (χ2v) is 3.01. The van der Waals surface area contributed by atoms with Crippen molar-refractivity contribution in [2.45, 2.75) is 13.3 Å². The van der Waals surface area contributed by atoms with Crippen LogP contribution in [-0.2, 0) is 9.59 Å². The van der Waals surface area contributed by atoms with Crippen molar-refractivity contribution in [3.05, 3.63) is 24.3 Å². The van der Waals surface area contributed by atoms with E-state index in [4.69, 9.17) is 4.74 Å². The first kappa shape index (κ1) is 11.2. The number of benzene rings is 1. The maximum absolute atomic E-state index is 10.7. The summed E-state index contributed by atoms with van der Waals surface area (Å²) in [5.74, 6) is 0.579. The summed E-state index contributed by atoms with van der Waals surface area (Å²) in [4.78, 5) is 20.8. The molecule has 0 bridgehead atoms. The summed E-state index contributed by atoms with van der Waals surface area (Å²) in [5, 5.41) is 2.65. The van der Waals surface area contributed by atoms with Gasteiger partial charge in [0, 0.05) is 19.0 Å². The van der Waals surface area contributed by atoms with E-state index in [1.165, 1.54) is 6.92 Å². The van der Waals surface area contributed by atoms with Gasteiger partial charge in [-0.15, -0.1) is 0 Å². The Morgan fingerprint density at radius 1 is 1.40 bits per heavy atom. The zero-order valence-corrected chi connectivity index (χ0v) is 8.53. The van der Waals surface area contributed by atoms with Crippen LogP contribution in [0, 0.1) is 0 Å². The highest BCUT2D eigenvalue weighted by molar-refractivity contribution is 5.88. The molecule has 0 aliphatic rings.